The Morgan fingerprint density at radius 1 is 1.50 bits per heavy atom. The zero-order valence-electron chi connectivity index (χ0n) is 6.28. The van der Waals surface area contributed by atoms with Crippen molar-refractivity contribution in [3.8, 4) is 0 Å². The van der Waals surface area contributed by atoms with Crippen LogP contribution in [-0.2, 0) is 4.79 Å². The van der Waals surface area contributed by atoms with Gasteiger partial charge in [0.1, 0.15) is 0 Å². The van der Waals surface area contributed by atoms with Crippen LogP contribution in [0.4, 0.5) is 0 Å². The van der Waals surface area contributed by atoms with Gasteiger partial charge in [-0.2, -0.15) is 0 Å². The topological polar surface area (TPSA) is 17.1 Å². The third-order valence-corrected chi connectivity index (χ3v) is 1.86. The highest BCUT2D eigenvalue weighted by atomic mass is 35.5. The molecule has 0 heterocycles. The molecule has 0 bridgehead atoms. The van der Waals surface area contributed by atoms with Gasteiger partial charge in [-0.1, -0.05) is 25.4 Å². The Bertz CT molecular complexity index is 191. The van der Waals surface area contributed by atoms with E-state index >= 15 is 0 Å². The van der Waals surface area contributed by atoms with Crippen molar-refractivity contribution >= 4 is 17.4 Å². The second-order valence-electron chi connectivity index (χ2n) is 3.58. The van der Waals surface area contributed by atoms with Gasteiger partial charge in [-0.05, 0) is 17.9 Å². The Balaban J connectivity index is 2.80. The van der Waals surface area contributed by atoms with Crippen LogP contribution in [0.15, 0.2) is 11.1 Å². The number of halogens is 1. The Hall–Kier alpha value is -0.300. The smallest absolute Gasteiger partial charge is 0.157 e. The number of rotatable bonds is 0. The predicted octanol–water partition coefficient (Wildman–Crippen LogP) is 2.50. The maximum absolute atomic E-state index is 10.9. The molecule has 1 nitrogen and oxygen atoms in total. The first-order valence-electron chi connectivity index (χ1n) is 3.38. The number of carbonyl (C=O) groups excluding carboxylic acids is 1. The van der Waals surface area contributed by atoms with E-state index in [1.165, 1.54) is 6.08 Å². The molecule has 0 N–H and O–H groups in total. The lowest BCUT2D eigenvalue weighted by molar-refractivity contribution is -0.116. The van der Waals surface area contributed by atoms with Crippen LogP contribution < -0.4 is 0 Å². The summed E-state index contributed by atoms with van der Waals surface area (Å²) in [6.07, 6.45) is 3.00. The highest BCUT2D eigenvalue weighted by Crippen LogP contribution is 2.34. The van der Waals surface area contributed by atoms with Crippen LogP contribution in [0.3, 0.4) is 0 Å². The van der Waals surface area contributed by atoms with Crippen molar-refractivity contribution in [2.24, 2.45) is 5.41 Å². The summed E-state index contributed by atoms with van der Waals surface area (Å²) in [5, 5.41) is 0.696. The van der Waals surface area contributed by atoms with Crippen LogP contribution in [0.2, 0.25) is 0 Å². The molecule has 56 valence electrons. The molecular weight excluding hydrogens is 148 g/mol. The molecule has 0 aliphatic heterocycles. The van der Waals surface area contributed by atoms with E-state index in [0.717, 1.165) is 6.42 Å². The minimum Gasteiger partial charge on any atom is -0.295 e. The van der Waals surface area contributed by atoms with Crippen molar-refractivity contribution < 1.29 is 4.79 Å². The van der Waals surface area contributed by atoms with E-state index in [4.69, 9.17) is 11.6 Å². The zero-order valence-corrected chi connectivity index (χ0v) is 7.03. The molecule has 0 aromatic carbocycles. The lowest BCUT2D eigenvalue weighted by Gasteiger charge is -2.25. The quantitative estimate of drug-likeness (QED) is 0.530. The Morgan fingerprint density at radius 2 is 2.10 bits per heavy atom. The fraction of sp³-hybridized carbons (Fsp3) is 0.625. The van der Waals surface area contributed by atoms with E-state index < -0.39 is 0 Å². The van der Waals surface area contributed by atoms with Crippen molar-refractivity contribution in [2.75, 3.05) is 0 Å². The van der Waals surface area contributed by atoms with E-state index in [1.807, 2.05) is 0 Å². The minimum absolute atomic E-state index is 0.0723. The van der Waals surface area contributed by atoms with Crippen molar-refractivity contribution in [1.82, 2.24) is 0 Å². The number of carbonyl (C=O) groups is 1. The number of hydrogen-bond donors (Lipinski definition) is 0. The first-order chi connectivity index (χ1) is 4.49. The maximum atomic E-state index is 10.9. The summed E-state index contributed by atoms with van der Waals surface area (Å²) in [7, 11) is 0. The molecule has 0 saturated carbocycles. The molecule has 0 radical (unpaired) electrons. The van der Waals surface area contributed by atoms with Crippen LogP contribution in [0, 0.1) is 5.41 Å². The third kappa shape index (κ3) is 1.84. The average molecular weight is 159 g/mol. The lowest BCUT2D eigenvalue weighted by atomic mass is 9.80. The molecule has 0 spiro atoms. The van der Waals surface area contributed by atoms with Crippen LogP contribution >= 0.6 is 11.6 Å². The van der Waals surface area contributed by atoms with Crippen molar-refractivity contribution in [2.45, 2.75) is 26.7 Å². The van der Waals surface area contributed by atoms with E-state index in [2.05, 4.69) is 13.8 Å². The average Bonchev–Trinajstić information content (AvgIpc) is 1.54. The third-order valence-electron chi connectivity index (χ3n) is 1.62. The van der Waals surface area contributed by atoms with Gasteiger partial charge >= 0.3 is 0 Å². The second kappa shape index (κ2) is 2.39. The largest absolute Gasteiger partial charge is 0.295 e. The van der Waals surface area contributed by atoms with Gasteiger partial charge in [-0.3, -0.25) is 4.79 Å². The van der Waals surface area contributed by atoms with Crippen LogP contribution in [0.5, 0.6) is 0 Å². The van der Waals surface area contributed by atoms with Gasteiger partial charge in [-0.15, -0.1) is 0 Å². The standard InChI is InChI=1S/C8H11ClO/c1-8(2)4-6(9)3-7(10)5-8/h3H,4-5H2,1-2H3. The normalized spacial score (nSPS) is 24.3. The van der Waals surface area contributed by atoms with Crippen LogP contribution in [0.1, 0.15) is 26.7 Å². The van der Waals surface area contributed by atoms with Gasteiger partial charge in [0.05, 0.1) is 0 Å². The summed E-state index contributed by atoms with van der Waals surface area (Å²) in [6.45, 7) is 4.11. The Labute approximate surface area is 66.1 Å². The molecule has 0 aromatic heterocycles. The van der Waals surface area contributed by atoms with Crippen molar-refractivity contribution in [3.63, 3.8) is 0 Å². The molecule has 10 heavy (non-hydrogen) atoms. The Morgan fingerprint density at radius 3 is 2.50 bits per heavy atom. The van der Waals surface area contributed by atoms with Gasteiger partial charge in [0.15, 0.2) is 5.78 Å². The SMILES string of the molecule is CC1(C)CC(=O)C=C(Cl)C1. The van der Waals surface area contributed by atoms with Crippen molar-refractivity contribution in [3.05, 3.63) is 11.1 Å². The van der Waals surface area contributed by atoms with Gasteiger partial charge in [0, 0.05) is 11.5 Å². The van der Waals surface area contributed by atoms with E-state index in [-0.39, 0.29) is 11.2 Å². The Kier molecular flexibility index (Phi) is 1.86. The number of hydrogen-bond acceptors (Lipinski definition) is 1. The zero-order chi connectivity index (χ0) is 7.78. The molecule has 0 atom stereocenters. The fourth-order valence-corrected chi connectivity index (χ4v) is 1.75. The number of allylic oxidation sites excluding steroid dienone is 2. The first kappa shape index (κ1) is 7.80. The van der Waals surface area contributed by atoms with E-state index in [9.17, 15) is 4.79 Å². The van der Waals surface area contributed by atoms with Crippen molar-refractivity contribution in [1.29, 1.82) is 0 Å². The predicted molar refractivity (Wildman–Crippen MR) is 42.0 cm³/mol. The fourth-order valence-electron chi connectivity index (χ4n) is 1.27. The van der Waals surface area contributed by atoms with Gasteiger partial charge in [-0.25, -0.2) is 0 Å². The van der Waals surface area contributed by atoms with Gasteiger partial charge in [0.25, 0.3) is 0 Å². The number of ketones is 1. The summed E-state index contributed by atoms with van der Waals surface area (Å²) in [5.74, 6) is 0.154. The first-order valence-corrected chi connectivity index (χ1v) is 3.76. The molecule has 0 fully saturated rings. The molecule has 0 amide bonds. The van der Waals surface area contributed by atoms with Crippen LogP contribution in [-0.4, -0.2) is 5.78 Å². The monoisotopic (exact) mass is 158 g/mol. The maximum Gasteiger partial charge on any atom is 0.157 e. The van der Waals surface area contributed by atoms with E-state index in [0.29, 0.717) is 11.5 Å². The van der Waals surface area contributed by atoms with E-state index in [1.54, 1.807) is 0 Å². The molecule has 2 heteroatoms. The molecule has 1 aliphatic rings. The highest BCUT2D eigenvalue weighted by Gasteiger charge is 2.26. The molecule has 1 aliphatic carbocycles. The summed E-state index contributed by atoms with van der Waals surface area (Å²) >= 11 is 5.74. The highest BCUT2D eigenvalue weighted by molar-refractivity contribution is 6.31. The molecular formula is C8H11ClO. The summed E-state index contributed by atoms with van der Waals surface area (Å²) in [5.41, 5.74) is 0.0723. The molecule has 1 rings (SSSR count). The molecule has 0 unspecified atom stereocenters. The second-order valence-corrected chi connectivity index (χ2v) is 4.06. The summed E-state index contributed by atoms with van der Waals surface area (Å²) < 4.78 is 0. The molecule has 0 aromatic rings. The summed E-state index contributed by atoms with van der Waals surface area (Å²) in [4.78, 5) is 10.9. The van der Waals surface area contributed by atoms with Gasteiger partial charge in [0.2, 0.25) is 0 Å². The van der Waals surface area contributed by atoms with Crippen LogP contribution in [0.25, 0.3) is 0 Å². The lowest BCUT2D eigenvalue weighted by Crippen LogP contribution is -2.20. The minimum atomic E-state index is 0.0723. The van der Waals surface area contributed by atoms with Gasteiger partial charge < -0.3 is 0 Å². The summed E-state index contributed by atoms with van der Waals surface area (Å²) in [6, 6.07) is 0. The molecule has 0 saturated heterocycles.